The Morgan fingerprint density at radius 3 is 2.59 bits per heavy atom. The molecule has 0 unspecified atom stereocenters. The molecule has 6 nitrogen and oxygen atoms in total. The molecule has 0 aliphatic carbocycles. The van der Waals surface area contributed by atoms with Crippen LogP contribution in [0.3, 0.4) is 0 Å². The Hall–Kier alpha value is -2.43. The van der Waals surface area contributed by atoms with Gasteiger partial charge in [0.25, 0.3) is 0 Å². The summed E-state index contributed by atoms with van der Waals surface area (Å²) in [7, 11) is 0. The van der Waals surface area contributed by atoms with Crippen molar-refractivity contribution < 1.29 is 19.4 Å². The third-order valence-electron chi connectivity index (χ3n) is 3.00. The molecule has 0 bridgehead atoms. The Morgan fingerprint density at radius 2 is 2.00 bits per heavy atom. The van der Waals surface area contributed by atoms with E-state index in [-0.39, 0.29) is 18.2 Å². The number of ether oxygens (including phenoxy) is 1. The Kier molecular flexibility index (Phi) is 6.04. The largest absolute Gasteiger partial charge is 0.492 e. The van der Waals surface area contributed by atoms with Gasteiger partial charge in [-0.3, -0.25) is 4.98 Å². The zero-order valence-corrected chi connectivity index (χ0v) is 12.9. The van der Waals surface area contributed by atoms with Crippen molar-refractivity contribution in [3.8, 4) is 5.75 Å². The fourth-order valence-corrected chi connectivity index (χ4v) is 1.86. The average molecular weight is 304 g/mol. The molecule has 1 heterocycles. The zero-order chi connectivity index (χ0) is 16.8. The van der Waals surface area contributed by atoms with E-state index in [0.717, 1.165) is 16.6 Å². The van der Waals surface area contributed by atoms with Crippen LogP contribution in [0.1, 0.15) is 19.5 Å². The predicted molar refractivity (Wildman–Crippen MR) is 82.3 cm³/mol. The number of aliphatic hydroxyl groups excluding tert-OH is 1. The van der Waals surface area contributed by atoms with Gasteiger partial charge in [0.2, 0.25) is 0 Å². The van der Waals surface area contributed by atoms with Crippen molar-refractivity contribution in [2.75, 3.05) is 18.9 Å². The van der Waals surface area contributed by atoms with Crippen molar-refractivity contribution in [3.05, 3.63) is 30.0 Å². The van der Waals surface area contributed by atoms with Gasteiger partial charge in [0.15, 0.2) is 0 Å². The topological polar surface area (TPSA) is 103 Å². The van der Waals surface area contributed by atoms with E-state index in [2.05, 4.69) is 4.98 Å². The van der Waals surface area contributed by atoms with E-state index in [1.54, 1.807) is 0 Å². The van der Waals surface area contributed by atoms with Gasteiger partial charge in [-0.1, -0.05) is 19.9 Å². The maximum Gasteiger partial charge on any atom is 0.373 e. The minimum atomic E-state index is -0.283. The first-order valence-corrected chi connectivity index (χ1v) is 6.73. The summed E-state index contributed by atoms with van der Waals surface area (Å²) in [5.41, 5.74) is 8.16. The van der Waals surface area contributed by atoms with E-state index in [9.17, 15) is 5.11 Å². The number of benzene rings is 1. The van der Waals surface area contributed by atoms with E-state index in [1.165, 1.54) is 0 Å². The number of hydrogen-bond acceptors (Lipinski definition) is 6. The molecule has 0 fully saturated rings. The summed E-state index contributed by atoms with van der Waals surface area (Å²) in [5.74, 6) is 0.712. The molecule has 22 heavy (non-hydrogen) atoms. The molecule has 0 aliphatic rings. The lowest BCUT2D eigenvalue weighted by Gasteiger charge is -2.22. The monoisotopic (exact) mass is 304 g/mol. The SMILES string of the molecule is Cc1cc(N)c2c(OCC(C)(C)CO)cccc2n1.O=C=O. The van der Waals surface area contributed by atoms with Gasteiger partial charge < -0.3 is 15.6 Å². The van der Waals surface area contributed by atoms with E-state index >= 15 is 0 Å². The maximum absolute atomic E-state index is 9.26. The van der Waals surface area contributed by atoms with Crippen LogP contribution < -0.4 is 10.5 Å². The van der Waals surface area contributed by atoms with E-state index in [0.29, 0.717) is 18.0 Å². The minimum Gasteiger partial charge on any atom is -0.492 e. The van der Waals surface area contributed by atoms with Gasteiger partial charge in [-0.15, -0.1) is 0 Å². The number of nitrogen functional groups attached to an aromatic ring is 1. The number of aryl methyl sites for hydroxylation is 1. The van der Waals surface area contributed by atoms with Gasteiger partial charge in [0, 0.05) is 16.8 Å². The Bertz CT molecular complexity index is 677. The van der Waals surface area contributed by atoms with Crippen molar-refractivity contribution in [3.63, 3.8) is 0 Å². The summed E-state index contributed by atoms with van der Waals surface area (Å²) in [6.45, 7) is 6.31. The lowest BCUT2D eigenvalue weighted by atomic mass is 9.96. The standard InChI is InChI=1S/C15H20N2O2.CO2/c1-10-7-11(16)14-12(17-10)5-4-6-13(14)19-9-15(2,3)8-18;2-1-3/h4-7,18H,8-9H2,1-3H3,(H2,16,17);. The molecule has 0 atom stereocenters. The number of nitrogens with two attached hydrogens (primary N) is 1. The highest BCUT2D eigenvalue weighted by atomic mass is 16.5. The average Bonchev–Trinajstić information content (AvgIpc) is 2.45. The zero-order valence-electron chi connectivity index (χ0n) is 12.9. The van der Waals surface area contributed by atoms with Crippen LogP contribution in [0.2, 0.25) is 0 Å². The molecular formula is C16H20N2O4. The maximum atomic E-state index is 9.26. The second-order valence-electron chi connectivity index (χ2n) is 5.70. The Balaban J connectivity index is 0.000000745. The van der Waals surface area contributed by atoms with E-state index < -0.39 is 0 Å². The Labute approximate surface area is 128 Å². The van der Waals surface area contributed by atoms with Crippen LogP contribution >= 0.6 is 0 Å². The smallest absolute Gasteiger partial charge is 0.373 e. The summed E-state index contributed by atoms with van der Waals surface area (Å²) >= 11 is 0. The summed E-state index contributed by atoms with van der Waals surface area (Å²) in [6, 6.07) is 7.54. The first kappa shape index (κ1) is 17.6. The molecule has 118 valence electrons. The molecule has 0 saturated carbocycles. The molecule has 6 heteroatoms. The number of carbonyl (C=O) groups excluding carboxylic acids is 2. The van der Waals surface area contributed by atoms with Crippen LogP contribution in [-0.4, -0.2) is 29.5 Å². The first-order chi connectivity index (χ1) is 10.3. The molecule has 0 spiro atoms. The van der Waals surface area contributed by atoms with Crippen molar-refractivity contribution in [1.82, 2.24) is 4.98 Å². The summed E-state index contributed by atoms with van der Waals surface area (Å²) in [4.78, 5) is 20.7. The molecule has 2 rings (SSSR count). The van der Waals surface area contributed by atoms with Gasteiger partial charge >= 0.3 is 6.15 Å². The third kappa shape index (κ3) is 4.55. The number of aromatic nitrogens is 1. The minimum absolute atomic E-state index is 0.0740. The lowest BCUT2D eigenvalue weighted by molar-refractivity contribution is -0.191. The first-order valence-electron chi connectivity index (χ1n) is 6.73. The van der Waals surface area contributed by atoms with Crippen molar-refractivity contribution in [2.45, 2.75) is 20.8 Å². The van der Waals surface area contributed by atoms with Gasteiger partial charge in [-0.05, 0) is 25.1 Å². The Morgan fingerprint density at radius 1 is 1.36 bits per heavy atom. The fourth-order valence-electron chi connectivity index (χ4n) is 1.86. The van der Waals surface area contributed by atoms with Crippen LogP contribution in [0.15, 0.2) is 24.3 Å². The number of aliphatic hydroxyl groups is 1. The molecule has 1 aromatic heterocycles. The van der Waals surface area contributed by atoms with Crippen LogP contribution in [0.25, 0.3) is 10.9 Å². The molecular weight excluding hydrogens is 284 g/mol. The number of hydrogen-bond donors (Lipinski definition) is 2. The molecule has 3 N–H and O–H groups in total. The van der Waals surface area contributed by atoms with Crippen molar-refractivity contribution >= 4 is 22.7 Å². The number of nitrogens with zero attached hydrogens (tertiary/aromatic N) is 1. The van der Waals surface area contributed by atoms with E-state index in [1.807, 2.05) is 45.0 Å². The third-order valence-corrected chi connectivity index (χ3v) is 3.00. The van der Waals surface area contributed by atoms with Gasteiger partial charge in [0.1, 0.15) is 5.75 Å². The second-order valence-corrected chi connectivity index (χ2v) is 5.70. The van der Waals surface area contributed by atoms with Crippen molar-refractivity contribution in [2.24, 2.45) is 5.41 Å². The normalized spacial score (nSPS) is 10.5. The number of fused-ring (bicyclic) bond motifs is 1. The number of rotatable bonds is 4. The molecule has 0 saturated heterocycles. The highest BCUT2D eigenvalue weighted by molar-refractivity contribution is 5.95. The van der Waals surface area contributed by atoms with Crippen LogP contribution in [0.4, 0.5) is 5.69 Å². The highest BCUT2D eigenvalue weighted by Crippen LogP contribution is 2.31. The van der Waals surface area contributed by atoms with Gasteiger partial charge in [-0.2, -0.15) is 9.59 Å². The van der Waals surface area contributed by atoms with E-state index in [4.69, 9.17) is 20.1 Å². The quantitative estimate of drug-likeness (QED) is 0.895. The number of anilines is 1. The van der Waals surface area contributed by atoms with Crippen LogP contribution in [-0.2, 0) is 9.59 Å². The summed E-state index contributed by atoms with van der Waals surface area (Å²) < 4.78 is 5.82. The van der Waals surface area contributed by atoms with Gasteiger partial charge in [0.05, 0.1) is 24.1 Å². The predicted octanol–water partition coefficient (Wildman–Crippen LogP) is 1.94. The van der Waals surface area contributed by atoms with Crippen LogP contribution in [0, 0.1) is 12.3 Å². The number of pyridine rings is 1. The lowest BCUT2D eigenvalue weighted by Crippen LogP contribution is -2.25. The second kappa shape index (κ2) is 7.54. The molecule has 0 aliphatic heterocycles. The molecule has 2 aromatic rings. The fraction of sp³-hybridized carbons (Fsp3) is 0.375. The van der Waals surface area contributed by atoms with Crippen LogP contribution in [0.5, 0.6) is 5.75 Å². The summed E-state index contributed by atoms with van der Waals surface area (Å²) in [6.07, 6.45) is 0.250. The highest BCUT2D eigenvalue weighted by Gasteiger charge is 2.18. The summed E-state index contributed by atoms with van der Waals surface area (Å²) in [5, 5.41) is 10.1. The van der Waals surface area contributed by atoms with Crippen molar-refractivity contribution in [1.29, 1.82) is 0 Å². The molecule has 0 radical (unpaired) electrons. The van der Waals surface area contributed by atoms with Gasteiger partial charge in [-0.25, -0.2) is 0 Å². The molecule has 0 amide bonds. The molecule has 1 aromatic carbocycles.